The topological polar surface area (TPSA) is 129 Å². The highest BCUT2D eigenvalue weighted by Gasteiger charge is 2.25. The Morgan fingerprint density at radius 2 is 1.68 bits per heavy atom. The van der Waals surface area contributed by atoms with Crippen molar-refractivity contribution in [1.82, 2.24) is 29.6 Å². The molecule has 0 unspecified atom stereocenters. The predicted octanol–water partition coefficient (Wildman–Crippen LogP) is 1.22. The number of carbonyl (C=O) groups excluding carboxylic acids is 2. The van der Waals surface area contributed by atoms with E-state index < -0.39 is 5.69 Å². The number of amides is 3. The average molecular weight is 525 g/mol. The van der Waals surface area contributed by atoms with E-state index in [1.807, 2.05) is 12.1 Å². The van der Waals surface area contributed by atoms with Crippen molar-refractivity contribution in [1.29, 1.82) is 0 Å². The number of hydrogen-bond donors (Lipinski definition) is 3. The standard InChI is InChI=1S/C27H40N8O3/c1-3-32(22-10-6-21(28)7-11-22)19-20-4-8-23(9-5-20)35-13-12-24(31-27(35)38)30-26(37)34-16-14-33(15-17-34)25(36)18-29-2/h4-5,8-9,12-13,21-22,29H,3,6-7,10-11,14-19,28H2,1-2H3,(H,30,31,37,38). The molecule has 4 rings (SSSR count). The van der Waals surface area contributed by atoms with Gasteiger partial charge in [0.25, 0.3) is 0 Å². The minimum absolute atomic E-state index is 0.0166. The van der Waals surface area contributed by atoms with Crippen LogP contribution in [0, 0.1) is 0 Å². The van der Waals surface area contributed by atoms with E-state index in [-0.39, 0.29) is 24.3 Å². The van der Waals surface area contributed by atoms with Gasteiger partial charge in [-0.2, -0.15) is 4.98 Å². The Bertz CT molecular complexity index is 1140. The monoisotopic (exact) mass is 524 g/mol. The molecule has 2 aliphatic rings. The minimum Gasteiger partial charge on any atom is -0.338 e. The number of hydrogen-bond acceptors (Lipinski definition) is 7. The van der Waals surface area contributed by atoms with Gasteiger partial charge in [-0.3, -0.25) is 19.6 Å². The first-order valence-electron chi connectivity index (χ1n) is 13.5. The number of nitrogens with one attached hydrogen (secondary N) is 2. The van der Waals surface area contributed by atoms with Gasteiger partial charge < -0.3 is 20.9 Å². The van der Waals surface area contributed by atoms with Crippen LogP contribution in [-0.2, 0) is 11.3 Å². The van der Waals surface area contributed by atoms with Crippen molar-refractivity contribution in [2.75, 3.05) is 51.6 Å². The number of likely N-dealkylation sites (N-methyl/N-ethyl adjacent to an activating group) is 1. The molecule has 1 aliphatic heterocycles. The van der Waals surface area contributed by atoms with Crippen molar-refractivity contribution in [3.05, 3.63) is 52.6 Å². The maximum atomic E-state index is 12.7. The van der Waals surface area contributed by atoms with Gasteiger partial charge in [0.1, 0.15) is 5.82 Å². The molecular weight excluding hydrogens is 484 g/mol. The van der Waals surface area contributed by atoms with Crippen molar-refractivity contribution in [3.8, 4) is 5.69 Å². The highest BCUT2D eigenvalue weighted by Crippen LogP contribution is 2.23. The molecule has 11 heteroatoms. The first kappa shape index (κ1) is 27.7. The number of piperazine rings is 1. The molecule has 11 nitrogen and oxygen atoms in total. The highest BCUT2D eigenvalue weighted by atomic mass is 16.2. The zero-order chi connectivity index (χ0) is 27.1. The third-order valence-corrected chi connectivity index (χ3v) is 7.55. The average Bonchev–Trinajstić information content (AvgIpc) is 2.93. The number of urea groups is 1. The van der Waals surface area contributed by atoms with Gasteiger partial charge in [-0.25, -0.2) is 9.59 Å². The number of carbonyl (C=O) groups is 2. The molecular formula is C27H40N8O3. The van der Waals surface area contributed by atoms with E-state index in [2.05, 4.69) is 39.6 Å². The third kappa shape index (κ3) is 6.97. The van der Waals surface area contributed by atoms with Crippen LogP contribution in [-0.4, -0.2) is 94.6 Å². The van der Waals surface area contributed by atoms with Gasteiger partial charge in [-0.15, -0.1) is 0 Å². The molecule has 3 amide bonds. The number of benzene rings is 1. The molecule has 1 saturated heterocycles. The van der Waals surface area contributed by atoms with Crippen molar-refractivity contribution in [2.24, 2.45) is 5.73 Å². The summed E-state index contributed by atoms with van der Waals surface area (Å²) in [5.41, 5.74) is 7.53. The quantitative estimate of drug-likeness (QED) is 0.474. The molecule has 0 atom stereocenters. The molecule has 1 aliphatic carbocycles. The van der Waals surface area contributed by atoms with Crippen LogP contribution in [0.4, 0.5) is 10.6 Å². The second-order valence-corrected chi connectivity index (χ2v) is 10.1. The zero-order valence-corrected chi connectivity index (χ0v) is 22.4. The predicted molar refractivity (Wildman–Crippen MR) is 147 cm³/mol. The first-order valence-corrected chi connectivity index (χ1v) is 13.5. The highest BCUT2D eigenvalue weighted by molar-refractivity contribution is 5.88. The second kappa shape index (κ2) is 13.0. The van der Waals surface area contributed by atoms with Crippen molar-refractivity contribution in [3.63, 3.8) is 0 Å². The van der Waals surface area contributed by atoms with Gasteiger partial charge in [0, 0.05) is 51.0 Å². The Labute approximate surface area is 224 Å². The molecule has 0 bridgehead atoms. The van der Waals surface area contributed by atoms with Crippen LogP contribution in [0.5, 0.6) is 0 Å². The Morgan fingerprint density at radius 3 is 2.29 bits per heavy atom. The number of aromatic nitrogens is 2. The Balaban J connectivity index is 1.32. The van der Waals surface area contributed by atoms with E-state index in [0.717, 1.165) is 44.5 Å². The maximum absolute atomic E-state index is 12.7. The third-order valence-electron chi connectivity index (χ3n) is 7.55. The summed E-state index contributed by atoms with van der Waals surface area (Å²) in [5.74, 6) is 0.218. The van der Waals surface area contributed by atoms with E-state index in [9.17, 15) is 14.4 Å². The summed E-state index contributed by atoms with van der Waals surface area (Å²) < 4.78 is 1.46. The van der Waals surface area contributed by atoms with Crippen LogP contribution in [0.25, 0.3) is 5.69 Å². The normalized spacial score (nSPS) is 20.0. The molecule has 2 heterocycles. The fourth-order valence-corrected chi connectivity index (χ4v) is 5.24. The summed E-state index contributed by atoms with van der Waals surface area (Å²) in [6.07, 6.45) is 6.08. The van der Waals surface area contributed by atoms with Gasteiger partial charge in [0.15, 0.2) is 0 Å². The molecule has 1 saturated carbocycles. The lowest BCUT2D eigenvalue weighted by atomic mass is 9.90. The number of nitrogens with zero attached hydrogens (tertiary/aromatic N) is 5. The zero-order valence-electron chi connectivity index (χ0n) is 22.4. The van der Waals surface area contributed by atoms with Crippen LogP contribution in [0.2, 0.25) is 0 Å². The lowest BCUT2D eigenvalue weighted by Crippen LogP contribution is -2.53. The molecule has 206 valence electrons. The smallest absolute Gasteiger partial charge is 0.338 e. The molecule has 1 aromatic carbocycles. The van der Waals surface area contributed by atoms with Gasteiger partial charge in [0.2, 0.25) is 5.91 Å². The fraction of sp³-hybridized carbons (Fsp3) is 0.556. The van der Waals surface area contributed by atoms with Crippen molar-refractivity contribution >= 4 is 17.8 Å². The van der Waals surface area contributed by atoms with Crippen LogP contribution in [0.1, 0.15) is 38.2 Å². The summed E-state index contributed by atoms with van der Waals surface area (Å²) in [7, 11) is 1.73. The van der Waals surface area contributed by atoms with Crippen LogP contribution in [0.3, 0.4) is 0 Å². The Morgan fingerprint density at radius 1 is 1.03 bits per heavy atom. The van der Waals surface area contributed by atoms with E-state index in [4.69, 9.17) is 5.73 Å². The first-order chi connectivity index (χ1) is 18.4. The van der Waals surface area contributed by atoms with E-state index >= 15 is 0 Å². The molecule has 0 spiro atoms. The molecule has 38 heavy (non-hydrogen) atoms. The number of nitrogens with two attached hydrogens (primary N) is 1. The summed E-state index contributed by atoms with van der Waals surface area (Å²) in [4.78, 5) is 47.3. The largest absolute Gasteiger partial charge is 0.354 e. The maximum Gasteiger partial charge on any atom is 0.354 e. The SMILES string of the molecule is CCN(Cc1ccc(-n2ccc(NC(=O)N3CCN(C(=O)CNC)CC3)nc2=O)cc1)C1CCC(N)CC1. The van der Waals surface area contributed by atoms with Crippen molar-refractivity contribution < 1.29 is 9.59 Å². The van der Waals surface area contributed by atoms with Crippen molar-refractivity contribution in [2.45, 2.75) is 51.2 Å². The number of anilines is 1. The summed E-state index contributed by atoms with van der Waals surface area (Å²) in [5, 5.41) is 5.55. The Kier molecular flexibility index (Phi) is 9.48. The van der Waals surface area contributed by atoms with Gasteiger partial charge >= 0.3 is 11.7 Å². The van der Waals surface area contributed by atoms with Gasteiger partial charge in [-0.05, 0) is 63.0 Å². The van der Waals surface area contributed by atoms with Crippen LogP contribution in [0.15, 0.2) is 41.3 Å². The lowest BCUT2D eigenvalue weighted by Gasteiger charge is -2.35. The summed E-state index contributed by atoms with van der Waals surface area (Å²) >= 11 is 0. The van der Waals surface area contributed by atoms with Gasteiger partial charge in [-0.1, -0.05) is 19.1 Å². The molecule has 4 N–H and O–H groups in total. The molecule has 2 aromatic rings. The lowest BCUT2D eigenvalue weighted by molar-refractivity contribution is -0.131. The molecule has 1 aromatic heterocycles. The molecule has 0 radical (unpaired) electrons. The van der Waals surface area contributed by atoms with Crippen LogP contribution < -0.4 is 22.1 Å². The summed E-state index contributed by atoms with van der Waals surface area (Å²) in [6, 6.07) is 10.1. The molecule has 2 fully saturated rings. The number of rotatable bonds is 8. The Hall–Kier alpha value is -3.28. The van der Waals surface area contributed by atoms with Crippen LogP contribution >= 0.6 is 0 Å². The van der Waals surface area contributed by atoms with E-state index in [0.29, 0.717) is 38.3 Å². The second-order valence-electron chi connectivity index (χ2n) is 10.1. The minimum atomic E-state index is -0.466. The summed E-state index contributed by atoms with van der Waals surface area (Å²) in [6.45, 7) is 6.13. The fourth-order valence-electron chi connectivity index (χ4n) is 5.24. The van der Waals surface area contributed by atoms with E-state index in [1.165, 1.54) is 10.1 Å². The van der Waals surface area contributed by atoms with Gasteiger partial charge in [0.05, 0.1) is 12.2 Å². The van der Waals surface area contributed by atoms with E-state index in [1.54, 1.807) is 29.1 Å².